The quantitative estimate of drug-likeness (QED) is 0.239. The van der Waals surface area contributed by atoms with Crippen LogP contribution in [0.25, 0.3) is 0 Å². The Morgan fingerprint density at radius 2 is 0.800 bits per heavy atom. The summed E-state index contributed by atoms with van der Waals surface area (Å²) in [6, 6.07) is 0. The first-order valence-electron chi connectivity index (χ1n) is 1.06. The molecule has 0 unspecified atom stereocenters. The van der Waals surface area contributed by atoms with Crippen LogP contribution in [0.3, 0.4) is 0 Å². The molecule has 0 saturated heterocycles. The summed E-state index contributed by atoms with van der Waals surface area (Å²) < 4.78 is 45.7. The molecule has 7 N–H and O–H groups in total. The van der Waals surface area contributed by atoms with Crippen molar-refractivity contribution in [3.05, 3.63) is 0 Å². The van der Waals surface area contributed by atoms with Crippen LogP contribution in [0, 0.1) is 0 Å². The van der Waals surface area contributed by atoms with Crippen molar-refractivity contribution in [1.82, 2.24) is 6.15 Å². The van der Waals surface area contributed by atoms with Gasteiger partial charge in [0.15, 0.2) is 0 Å². The average Bonchev–Trinajstić information content (AvgIpc) is 1.25. The van der Waals surface area contributed by atoms with Crippen molar-refractivity contribution < 1.29 is 26.6 Å². The maximum absolute atomic E-state index is 8.67. The van der Waals surface area contributed by atoms with Gasteiger partial charge in [-0.25, -0.2) is 0 Å². The molecule has 0 saturated carbocycles. The molecular weight excluding hydrogens is 181 g/mol. The van der Waals surface area contributed by atoms with Gasteiger partial charge in [-0.05, 0) is 0 Å². The van der Waals surface area contributed by atoms with E-state index in [1.165, 1.54) is 0 Å². The van der Waals surface area contributed by atoms with Gasteiger partial charge in [-0.1, -0.05) is 0 Å². The van der Waals surface area contributed by atoms with Crippen molar-refractivity contribution in [1.29, 1.82) is 0 Å². The fourth-order valence-electron chi connectivity index (χ4n) is 0. The van der Waals surface area contributed by atoms with E-state index in [0.29, 0.717) is 0 Å². The van der Waals surface area contributed by atoms with Crippen LogP contribution >= 0.6 is 0 Å². The summed E-state index contributed by atoms with van der Waals surface area (Å²) in [4.78, 5) is 0. The van der Waals surface area contributed by atoms with Crippen molar-refractivity contribution >= 4 is 41.6 Å². The van der Waals surface area contributed by atoms with Gasteiger partial charge in [0, 0.05) is 0 Å². The molecule has 0 aliphatic heterocycles. The molecule has 0 spiro atoms. The molecule has 0 bridgehead atoms. The van der Waals surface area contributed by atoms with E-state index in [9.17, 15) is 0 Å². The molecule has 0 aromatic carbocycles. The molecule has 10 heavy (non-hydrogen) atoms. The number of hydrogen-bond acceptors (Lipinski definition) is 3. The molecule has 0 aromatic rings. The number of rotatable bonds is 0. The molecule has 0 aromatic heterocycles. The van der Waals surface area contributed by atoms with Crippen LogP contribution in [0.2, 0.25) is 0 Å². The van der Waals surface area contributed by atoms with Crippen LogP contribution in [-0.4, -0.2) is 45.5 Å². The van der Waals surface area contributed by atoms with E-state index in [-0.39, 0.29) is 25.0 Å². The Labute approximate surface area is 74.6 Å². The van der Waals surface area contributed by atoms with Gasteiger partial charge in [-0.15, -0.1) is 0 Å². The Kier molecular flexibility index (Phi) is 36.7. The van der Waals surface area contributed by atoms with Gasteiger partial charge in [0.2, 0.25) is 0 Å². The third-order valence-corrected chi connectivity index (χ3v) is 0. The summed E-state index contributed by atoms with van der Waals surface area (Å²) in [5, 5.41) is 0. The van der Waals surface area contributed by atoms with Crippen molar-refractivity contribution in [3.8, 4) is 0 Å². The van der Waals surface area contributed by atoms with Crippen LogP contribution < -0.4 is 6.15 Å². The molecule has 62 valence electrons. The SMILES string of the molecule is N.O=S(O)O.O=S(O)O.[LiH]. The van der Waals surface area contributed by atoms with E-state index >= 15 is 0 Å². The van der Waals surface area contributed by atoms with Crippen molar-refractivity contribution in [2.45, 2.75) is 0 Å². The van der Waals surface area contributed by atoms with E-state index in [4.69, 9.17) is 26.6 Å². The van der Waals surface area contributed by atoms with Gasteiger partial charge in [-0.2, -0.15) is 8.42 Å². The fraction of sp³-hybridized carbons (Fsp3) is 0. The van der Waals surface area contributed by atoms with E-state index in [1.54, 1.807) is 0 Å². The van der Waals surface area contributed by atoms with Gasteiger partial charge >= 0.3 is 18.9 Å². The van der Waals surface area contributed by atoms with Crippen LogP contribution in [-0.2, 0) is 22.7 Å². The van der Waals surface area contributed by atoms with Gasteiger partial charge in [0.1, 0.15) is 0 Å². The normalized spacial score (nSPS) is 7.00. The topological polar surface area (TPSA) is 150 Å². The first-order chi connectivity index (χ1) is 3.46. The van der Waals surface area contributed by atoms with Crippen LogP contribution in [0.1, 0.15) is 0 Å². The third-order valence-electron chi connectivity index (χ3n) is 0. The first kappa shape index (κ1) is 22.4. The van der Waals surface area contributed by atoms with Crippen LogP contribution in [0.5, 0.6) is 0 Å². The standard InChI is InChI=1S/Li.H3N.2H2O3S.H/c;;2*1-4(2)3;/h;1H3;2*(H2,1,2,3);. The second-order valence-electron chi connectivity index (χ2n) is 0.461. The Morgan fingerprint density at radius 1 is 0.800 bits per heavy atom. The van der Waals surface area contributed by atoms with Gasteiger partial charge in [-0.3, -0.25) is 18.2 Å². The maximum atomic E-state index is 8.67. The first-order valence-corrected chi connectivity index (χ1v) is 3.19. The zero-order valence-electron chi connectivity index (χ0n) is 4.13. The molecule has 0 amide bonds. The number of hydrogen-bond donors (Lipinski definition) is 5. The molecule has 0 aliphatic rings. The molecule has 10 heteroatoms. The van der Waals surface area contributed by atoms with Gasteiger partial charge in [0.25, 0.3) is 22.7 Å². The summed E-state index contributed by atoms with van der Waals surface area (Å²) in [5.41, 5.74) is 0. The molecule has 0 atom stereocenters. The predicted molar refractivity (Wildman–Crippen MR) is 39.0 cm³/mol. The zero-order chi connectivity index (χ0) is 7.15. The van der Waals surface area contributed by atoms with Gasteiger partial charge in [0.05, 0.1) is 0 Å². The Morgan fingerprint density at radius 3 is 0.800 bits per heavy atom. The Hall–Kier alpha value is 0.697. The minimum atomic E-state index is -2.61. The molecule has 0 rings (SSSR count). The van der Waals surface area contributed by atoms with Crippen molar-refractivity contribution in [2.75, 3.05) is 0 Å². The fourth-order valence-corrected chi connectivity index (χ4v) is 0. The summed E-state index contributed by atoms with van der Waals surface area (Å²) in [7, 11) is 0. The average molecular weight is 189 g/mol. The molecule has 0 fully saturated rings. The summed E-state index contributed by atoms with van der Waals surface area (Å²) in [6.45, 7) is 0. The minimum absolute atomic E-state index is 0. The second-order valence-corrected chi connectivity index (χ2v) is 1.38. The zero-order valence-corrected chi connectivity index (χ0v) is 5.76. The molecular formula is H8LiNO6S2. The third kappa shape index (κ3) is 1060. The van der Waals surface area contributed by atoms with E-state index in [0.717, 1.165) is 0 Å². The second kappa shape index (κ2) is 16.4. The van der Waals surface area contributed by atoms with E-state index in [1.807, 2.05) is 0 Å². The summed E-state index contributed by atoms with van der Waals surface area (Å²) in [5.74, 6) is 0. The molecule has 7 nitrogen and oxygen atoms in total. The predicted octanol–water partition coefficient (Wildman–Crippen LogP) is -1.12. The van der Waals surface area contributed by atoms with E-state index in [2.05, 4.69) is 0 Å². The van der Waals surface area contributed by atoms with Crippen molar-refractivity contribution in [3.63, 3.8) is 0 Å². The summed E-state index contributed by atoms with van der Waals surface area (Å²) >= 11 is -5.22. The van der Waals surface area contributed by atoms with Crippen LogP contribution in [0.15, 0.2) is 0 Å². The van der Waals surface area contributed by atoms with Gasteiger partial charge < -0.3 is 6.15 Å². The Bertz CT molecular complexity index is 73.7. The monoisotopic (exact) mass is 189 g/mol. The molecule has 0 radical (unpaired) electrons. The molecule has 0 aliphatic carbocycles. The summed E-state index contributed by atoms with van der Waals surface area (Å²) in [6.07, 6.45) is 0. The van der Waals surface area contributed by atoms with Crippen LogP contribution in [0.4, 0.5) is 0 Å². The Balaban J connectivity index is -0.0000000300. The van der Waals surface area contributed by atoms with E-state index < -0.39 is 22.7 Å². The molecule has 0 heterocycles. The van der Waals surface area contributed by atoms with Crippen molar-refractivity contribution in [2.24, 2.45) is 0 Å².